The van der Waals surface area contributed by atoms with E-state index in [4.69, 9.17) is 14.2 Å². The van der Waals surface area contributed by atoms with Gasteiger partial charge in [0, 0.05) is 13.0 Å². The van der Waals surface area contributed by atoms with Crippen LogP contribution in [0.3, 0.4) is 0 Å². The molecule has 1 aliphatic heterocycles. The van der Waals surface area contributed by atoms with Crippen molar-refractivity contribution < 1.29 is 14.2 Å². The van der Waals surface area contributed by atoms with E-state index in [1.807, 2.05) is 55.5 Å². The average Bonchev–Trinajstić information content (AvgIpc) is 2.95. The first kappa shape index (κ1) is 22.1. The summed E-state index contributed by atoms with van der Waals surface area (Å²) >= 11 is 0. The summed E-state index contributed by atoms with van der Waals surface area (Å²) in [5.74, 6) is 3.24. The maximum atomic E-state index is 5.74. The minimum atomic E-state index is 0. The first-order valence-electron chi connectivity index (χ1n) is 9.43. The molecular weight excluding hydrogens is 469 g/mol. The SMILES string of the molecule is CCNC(=NCc1ccc2c(c1)OCCCO2)NCCOc1ccccc1.I. The van der Waals surface area contributed by atoms with Crippen molar-refractivity contribution in [1.82, 2.24) is 10.6 Å². The topological polar surface area (TPSA) is 64.1 Å². The van der Waals surface area contributed by atoms with Gasteiger partial charge in [0.25, 0.3) is 0 Å². The van der Waals surface area contributed by atoms with Gasteiger partial charge in [0.2, 0.25) is 0 Å². The molecule has 0 amide bonds. The summed E-state index contributed by atoms with van der Waals surface area (Å²) in [6.07, 6.45) is 0.904. The van der Waals surface area contributed by atoms with Crippen LogP contribution in [0.1, 0.15) is 18.9 Å². The zero-order valence-corrected chi connectivity index (χ0v) is 18.5. The maximum Gasteiger partial charge on any atom is 0.191 e. The average molecular weight is 497 g/mol. The largest absolute Gasteiger partial charge is 0.492 e. The molecule has 0 atom stereocenters. The van der Waals surface area contributed by atoms with Gasteiger partial charge in [-0.3, -0.25) is 0 Å². The van der Waals surface area contributed by atoms with Crippen molar-refractivity contribution in [2.24, 2.45) is 4.99 Å². The Morgan fingerprint density at radius 2 is 1.82 bits per heavy atom. The van der Waals surface area contributed by atoms with E-state index in [9.17, 15) is 0 Å². The minimum absolute atomic E-state index is 0. The lowest BCUT2D eigenvalue weighted by molar-refractivity contribution is 0.297. The molecule has 6 nitrogen and oxygen atoms in total. The number of hydrogen-bond acceptors (Lipinski definition) is 4. The van der Waals surface area contributed by atoms with Crippen LogP contribution in [-0.2, 0) is 6.54 Å². The van der Waals surface area contributed by atoms with E-state index in [2.05, 4.69) is 15.6 Å². The third kappa shape index (κ3) is 7.10. The van der Waals surface area contributed by atoms with E-state index in [0.717, 1.165) is 41.7 Å². The van der Waals surface area contributed by atoms with Crippen LogP contribution in [0.2, 0.25) is 0 Å². The fourth-order valence-corrected chi connectivity index (χ4v) is 2.67. The van der Waals surface area contributed by atoms with Gasteiger partial charge in [-0.25, -0.2) is 4.99 Å². The number of rotatable bonds is 7. The number of para-hydroxylation sites is 1. The molecule has 3 rings (SSSR count). The lowest BCUT2D eigenvalue weighted by Crippen LogP contribution is -2.39. The van der Waals surface area contributed by atoms with E-state index >= 15 is 0 Å². The van der Waals surface area contributed by atoms with Crippen molar-refractivity contribution in [1.29, 1.82) is 0 Å². The van der Waals surface area contributed by atoms with Gasteiger partial charge in [0.15, 0.2) is 17.5 Å². The second-order valence-electron chi connectivity index (χ2n) is 6.12. The molecule has 2 aromatic carbocycles. The van der Waals surface area contributed by atoms with Gasteiger partial charge in [-0.15, -0.1) is 24.0 Å². The van der Waals surface area contributed by atoms with Crippen molar-refractivity contribution in [3.63, 3.8) is 0 Å². The number of benzene rings is 2. The molecule has 0 saturated carbocycles. The first-order valence-corrected chi connectivity index (χ1v) is 9.43. The van der Waals surface area contributed by atoms with Crippen LogP contribution in [0.5, 0.6) is 17.2 Å². The third-order valence-corrected chi connectivity index (χ3v) is 3.98. The summed E-state index contributed by atoms with van der Waals surface area (Å²) in [5.41, 5.74) is 1.08. The van der Waals surface area contributed by atoms with Gasteiger partial charge in [0.05, 0.1) is 26.3 Å². The predicted octanol–water partition coefficient (Wildman–Crippen LogP) is 3.60. The molecule has 0 fully saturated rings. The van der Waals surface area contributed by atoms with Crippen molar-refractivity contribution in [2.75, 3.05) is 32.9 Å². The second kappa shape index (κ2) is 12.3. The summed E-state index contributed by atoms with van der Waals surface area (Å²) in [5, 5.41) is 6.54. The number of ether oxygens (including phenoxy) is 3. The molecular formula is C21H28IN3O3. The van der Waals surface area contributed by atoms with Gasteiger partial charge in [-0.05, 0) is 36.8 Å². The molecule has 1 heterocycles. The van der Waals surface area contributed by atoms with Gasteiger partial charge in [-0.2, -0.15) is 0 Å². The predicted molar refractivity (Wildman–Crippen MR) is 122 cm³/mol. The monoisotopic (exact) mass is 497 g/mol. The minimum Gasteiger partial charge on any atom is -0.492 e. The van der Waals surface area contributed by atoms with E-state index in [0.29, 0.717) is 32.9 Å². The summed E-state index contributed by atoms with van der Waals surface area (Å²) in [6, 6.07) is 15.8. The number of aliphatic imine (C=N–C) groups is 1. The Morgan fingerprint density at radius 1 is 1.04 bits per heavy atom. The summed E-state index contributed by atoms with van der Waals surface area (Å²) in [7, 11) is 0. The Morgan fingerprint density at radius 3 is 2.61 bits per heavy atom. The smallest absolute Gasteiger partial charge is 0.191 e. The number of halogens is 1. The van der Waals surface area contributed by atoms with E-state index in [1.165, 1.54) is 0 Å². The van der Waals surface area contributed by atoms with Crippen LogP contribution in [0.4, 0.5) is 0 Å². The molecule has 2 N–H and O–H groups in total. The first-order chi connectivity index (χ1) is 13.3. The number of fused-ring (bicyclic) bond motifs is 1. The Bertz CT molecular complexity index is 741. The van der Waals surface area contributed by atoms with Gasteiger partial charge in [0.1, 0.15) is 12.4 Å². The molecule has 28 heavy (non-hydrogen) atoms. The molecule has 0 bridgehead atoms. The normalized spacial score (nSPS) is 13.1. The zero-order valence-electron chi connectivity index (χ0n) is 16.1. The molecule has 0 unspecified atom stereocenters. The van der Waals surface area contributed by atoms with Crippen LogP contribution >= 0.6 is 24.0 Å². The van der Waals surface area contributed by atoms with E-state index in [-0.39, 0.29) is 24.0 Å². The molecule has 0 saturated heterocycles. The molecule has 1 aliphatic rings. The van der Waals surface area contributed by atoms with Gasteiger partial charge >= 0.3 is 0 Å². The van der Waals surface area contributed by atoms with Crippen LogP contribution in [0.25, 0.3) is 0 Å². The highest BCUT2D eigenvalue weighted by Crippen LogP contribution is 2.30. The number of nitrogens with zero attached hydrogens (tertiary/aromatic N) is 1. The molecule has 152 valence electrons. The van der Waals surface area contributed by atoms with Crippen LogP contribution in [-0.4, -0.2) is 38.9 Å². The standard InChI is InChI=1S/C21H27N3O3.HI/c1-2-22-21(23-11-14-25-18-7-4-3-5-8-18)24-16-17-9-10-19-20(15-17)27-13-6-12-26-19;/h3-5,7-10,15H,2,6,11-14,16H2,1H3,(H2,22,23,24);1H. The number of nitrogens with one attached hydrogen (secondary N) is 2. The highest BCUT2D eigenvalue weighted by molar-refractivity contribution is 14.0. The molecule has 0 aliphatic carbocycles. The van der Waals surface area contributed by atoms with Crippen LogP contribution in [0.15, 0.2) is 53.5 Å². The fraction of sp³-hybridized carbons (Fsp3) is 0.381. The van der Waals surface area contributed by atoms with Crippen molar-refractivity contribution in [3.05, 3.63) is 54.1 Å². The quantitative estimate of drug-likeness (QED) is 0.265. The lowest BCUT2D eigenvalue weighted by atomic mass is 10.2. The summed E-state index contributed by atoms with van der Waals surface area (Å²) < 4.78 is 17.1. The third-order valence-electron chi connectivity index (χ3n) is 3.98. The highest BCUT2D eigenvalue weighted by atomic mass is 127. The lowest BCUT2D eigenvalue weighted by Gasteiger charge is -2.12. The van der Waals surface area contributed by atoms with Crippen molar-refractivity contribution in [2.45, 2.75) is 19.9 Å². The summed E-state index contributed by atoms with van der Waals surface area (Å²) in [4.78, 5) is 4.64. The maximum absolute atomic E-state index is 5.74. The Hall–Kier alpha value is -2.16. The molecule has 7 heteroatoms. The van der Waals surface area contributed by atoms with Crippen molar-refractivity contribution >= 4 is 29.9 Å². The molecule has 0 spiro atoms. The van der Waals surface area contributed by atoms with Crippen LogP contribution < -0.4 is 24.8 Å². The van der Waals surface area contributed by atoms with Crippen LogP contribution in [0, 0.1) is 0 Å². The van der Waals surface area contributed by atoms with E-state index < -0.39 is 0 Å². The van der Waals surface area contributed by atoms with Crippen molar-refractivity contribution in [3.8, 4) is 17.2 Å². The Balaban J connectivity index is 0.00000280. The molecule has 2 aromatic rings. The molecule has 0 aromatic heterocycles. The zero-order chi connectivity index (χ0) is 18.7. The second-order valence-corrected chi connectivity index (χ2v) is 6.12. The number of guanidine groups is 1. The number of hydrogen-bond donors (Lipinski definition) is 2. The Labute approximate surface area is 183 Å². The highest BCUT2D eigenvalue weighted by Gasteiger charge is 2.10. The van der Waals surface area contributed by atoms with Gasteiger partial charge in [-0.1, -0.05) is 24.3 Å². The fourth-order valence-electron chi connectivity index (χ4n) is 2.67. The van der Waals surface area contributed by atoms with E-state index in [1.54, 1.807) is 0 Å². The van der Waals surface area contributed by atoms with Gasteiger partial charge < -0.3 is 24.8 Å². The Kier molecular flexibility index (Phi) is 9.74. The summed E-state index contributed by atoms with van der Waals surface area (Å²) in [6.45, 7) is 6.03. The molecule has 0 radical (unpaired) electrons.